The first-order valence-electron chi connectivity index (χ1n) is 5.93. The Morgan fingerprint density at radius 3 is 2.94 bits per heavy atom. The molecule has 0 aliphatic heterocycles. The number of hydrogen-bond acceptors (Lipinski definition) is 4. The van der Waals surface area contributed by atoms with Gasteiger partial charge in [-0.2, -0.15) is 5.10 Å². The molecule has 2 heterocycles. The molecule has 0 atom stereocenters. The molecule has 0 saturated heterocycles. The number of H-pyrrole nitrogens is 1. The van der Waals surface area contributed by atoms with E-state index in [-0.39, 0.29) is 0 Å². The molecule has 0 aliphatic rings. The maximum absolute atomic E-state index is 5.33. The van der Waals surface area contributed by atoms with Crippen LogP contribution in [-0.2, 0) is 17.9 Å². The van der Waals surface area contributed by atoms with Crippen molar-refractivity contribution in [3.05, 3.63) is 28.9 Å². The molecule has 0 unspecified atom stereocenters. The van der Waals surface area contributed by atoms with Gasteiger partial charge in [-0.15, -0.1) is 0 Å². The normalized spacial score (nSPS) is 10.8. The molecule has 0 bridgehead atoms. The fraction of sp³-hybridized carbons (Fsp3) is 0.417. The monoisotopic (exact) mass is 264 g/mol. The van der Waals surface area contributed by atoms with Crippen LogP contribution in [0.15, 0.2) is 18.5 Å². The summed E-state index contributed by atoms with van der Waals surface area (Å²) in [6, 6.07) is 1.84. The largest absolute Gasteiger partial charge is 0.374 e. The molecular weight excluding hydrogens is 248 g/mol. The van der Waals surface area contributed by atoms with Crippen LogP contribution in [0.2, 0.25) is 0 Å². The van der Waals surface area contributed by atoms with Gasteiger partial charge >= 0.3 is 0 Å². The Kier molecular flexibility index (Phi) is 4.22. The van der Waals surface area contributed by atoms with Crippen molar-refractivity contribution >= 4 is 12.2 Å². The van der Waals surface area contributed by atoms with Crippen molar-refractivity contribution in [1.82, 2.24) is 19.7 Å². The molecule has 2 aromatic heterocycles. The van der Waals surface area contributed by atoms with E-state index in [2.05, 4.69) is 15.1 Å². The minimum absolute atomic E-state index is 0.440. The Morgan fingerprint density at radius 2 is 2.28 bits per heavy atom. The summed E-state index contributed by atoms with van der Waals surface area (Å²) < 4.78 is 7.76. The van der Waals surface area contributed by atoms with Crippen LogP contribution in [-0.4, -0.2) is 26.4 Å². The lowest BCUT2D eigenvalue weighted by Gasteiger charge is -2.04. The molecule has 96 valence electrons. The highest BCUT2D eigenvalue weighted by molar-refractivity contribution is 7.71. The first-order valence-corrected chi connectivity index (χ1v) is 6.34. The summed E-state index contributed by atoms with van der Waals surface area (Å²) in [7, 11) is 0. The molecule has 2 rings (SSSR count). The highest BCUT2D eigenvalue weighted by atomic mass is 32.1. The zero-order chi connectivity index (χ0) is 13.0. The van der Waals surface area contributed by atoms with Gasteiger partial charge in [-0.1, -0.05) is 12.2 Å². The van der Waals surface area contributed by atoms with Crippen LogP contribution in [0.25, 0.3) is 11.3 Å². The maximum atomic E-state index is 5.33. The van der Waals surface area contributed by atoms with Gasteiger partial charge in [0.15, 0.2) is 0 Å². The van der Waals surface area contributed by atoms with E-state index in [1.54, 1.807) is 0 Å². The summed E-state index contributed by atoms with van der Waals surface area (Å²) in [6.07, 6.45) is 3.79. The number of nitrogens with one attached hydrogen (secondary N) is 1. The average molecular weight is 264 g/mol. The van der Waals surface area contributed by atoms with Crippen LogP contribution < -0.4 is 0 Å². The molecule has 0 fully saturated rings. The van der Waals surface area contributed by atoms with E-state index in [9.17, 15) is 0 Å². The van der Waals surface area contributed by atoms with E-state index < -0.39 is 0 Å². The minimum atomic E-state index is 0.440. The van der Waals surface area contributed by atoms with E-state index in [1.165, 1.54) is 0 Å². The predicted octanol–water partition coefficient (Wildman–Crippen LogP) is 2.56. The van der Waals surface area contributed by atoms with Gasteiger partial charge in [0.25, 0.3) is 0 Å². The molecule has 5 nitrogen and oxygen atoms in total. The Labute approximate surface area is 111 Å². The molecule has 1 N–H and O–H groups in total. The predicted molar refractivity (Wildman–Crippen MR) is 71.6 cm³/mol. The third-order valence-electron chi connectivity index (χ3n) is 2.50. The lowest BCUT2D eigenvalue weighted by atomic mass is 10.2. The van der Waals surface area contributed by atoms with Crippen molar-refractivity contribution in [2.45, 2.75) is 27.0 Å². The van der Waals surface area contributed by atoms with Gasteiger partial charge in [0, 0.05) is 24.9 Å². The molecule has 6 heteroatoms. The lowest BCUT2D eigenvalue weighted by Crippen LogP contribution is -2.00. The van der Waals surface area contributed by atoms with Crippen LogP contribution in [0.5, 0.6) is 0 Å². The van der Waals surface area contributed by atoms with Crippen molar-refractivity contribution < 1.29 is 4.74 Å². The molecule has 18 heavy (non-hydrogen) atoms. The standard InChI is InChI=1S/C12H16N4OS/c1-3-16-7-9(6-13-16)10-5-12(18)15-11(14-10)8-17-4-2/h5-7H,3-4,8H2,1-2H3,(H,14,15,18). The van der Waals surface area contributed by atoms with Gasteiger partial charge in [-0.25, -0.2) is 4.98 Å². The number of aromatic amines is 1. The summed E-state index contributed by atoms with van der Waals surface area (Å²) in [5, 5.41) is 4.24. The smallest absolute Gasteiger partial charge is 0.134 e. The van der Waals surface area contributed by atoms with Crippen molar-refractivity contribution in [1.29, 1.82) is 0 Å². The van der Waals surface area contributed by atoms with E-state index in [0.29, 0.717) is 17.9 Å². The zero-order valence-electron chi connectivity index (χ0n) is 10.5. The van der Waals surface area contributed by atoms with Gasteiger partial charge in [0.2, 0.25) is 0 Å². The molecule has 0 aliphatic carbocycles. The molecule has 0 saturated carbocycles. The summed E-state index contributed by atoms with van der Waals surface area (Å²) in [5.74, 6) is 0.739. The van der Waals surface area contributed by atoms with Crippen LogP contribution in [0.4, 0.5) is 0 Å². The minimum Gasteiger partial charge on any atom is -0.374 e. The number of rotatable bonds is 5. The van der Waals surface area contributed by atoms with Crippen LogP contribution in [0.1, 0.15) is 19.7 Å². The van der Waals surface area contributed by atoms with E-state index in [0.717, 1.165) is 23.6 Å². The van der Waals surface area contributed by atoms with E-state index >= 15 is 0 Å². The van der Waals surface area contributed by atoms with Crippen molar-refractivity contribution in [2.24, 2.45) is 0 Å². The summed E-state index contributed by atoms with van der Waals surface area (Å²) in [5.41, 5.74) is 1.92. The molecule has 0 amide bonds. The molecule has 0 aromatic carbocycles. The number of hydrogen-bond donors (Lipinski definition) is 1. The Balaban J connectivity index is 2.32. The van der Waals surface area contributed by atoms with Gasteiger partial charge < -0.3 is 9.72 Å². The van der Waals surface area contributed by atoms with Crippen molar-refractivity contribution in [3.63, 3.8) is 0 Å². The molecule has 0 spiro atoms. The van der Waals surface area contributed by atoms with Crippen molar-refractivity contribution in [2.75, 3.05) is 6.61 Å². The number of ether oxygens (including phenoxy) is 1. The topological polar surface area (TPSA) is 55.7 Å². The average Bonchev–Trinajstić information content (AvgIpc) is 2.84. The Hall–Kier alpha value is -1.53. The Bertz CT molecular complexity index is 575. The molecule has 0 radical (unpaired) electrons. The second-order valence-corrected chi connectivity index (χ2v) is 4.22. The van der Waals surface area contributed by atoms with E-state index in [4.69, 9.17) is 17.0 Å². The Morgan fingerprint density at radius 1 is 1.44 bits per heavy atom. The number of aromatic nitrogens is 4. The highest BCUT2D eigenvalue weighted by Crippen LogP contribution is 2.16. The quantitative estimate of drug-likeness (QED) is 0.843. The van der Waals surface area contributed by atoms with Crippen LogP contribution >= 0.6 is 12.2 Å². The second kappa shape index (κ2) is 5.88. The second-order valence-electron chi connectivity index (χ2n) is 3.80. The number of aryl methyl sites for hydroxylation is 1. The van der Waals surface area contributed by atoms with E-state index in [1.807, 2.05) is 37.0 Å². The highest BCUT2D eigenvalue weighted by Gasteiger charge is 2.04. The SMILES string of the molecule is CCOCc1nc(=S)cc(-c2cnn(CC)c2)[nH]1. The third-order valence-corrected chi connectivity index (χ3v) is 2.71. The summed E-state index contributed by atoms with van der Waals surface area (Å²) in [6.45, 7) is 5.93. The first-order chi connectivity index (χ1) is 8.72. The molecular formula is C12H16N4OS. The fourth-order valence-electron chi connectivity index (χ4n) is 1.61. The van der Waals surface area contributed by atoms with Crippen LogP contribution in [0.3, 0.4) is 0 Å². The van der Waals surface area contributed by atoms with Gasteiger partial charge in [0.05, 0.1) is 11.9 Å². The number of nitrogens with zero attached hydrogens (tertiary/aromatic N) is 3. The summed E-state index contributed by atoms with van der Waals surface area (Å²) in [4.78, 5) is 7.45. The van der Waals surface area contributed by atoms with Gasteiger partial charge in [-0.05, 0) is 19.9 Å². The third kappa shape index (κ3) is 3.02. The van der Waals surface area contributed by atoms with Gasteiger partial charge in [0.1, 0.15) is 17.1 Å². The molecule has 2 aromatic rings. The first kappa shape index (κ1) is 12.9. The zero-order valence-corrected chi connectivity index (χ0v) is 11.3. The maximum Gasteiger partial charge on any atom is 0.134 e. The summed E-state index contributed by atoms with van der Waals surface area (Å²) >= 11 is 5.16. The van der Waals surface area contributed by atoms with Crippen molar-refractivity contribution in [3.8, 4) is 11.3 Å². The van der Waals surface area contributed by atoms with Gasteiger partial charge in [-0.3, -0.25) is 4.68 Å². The fourth-order valence-corrected chi connectivity index (χ4v) is 1.83. The van der Waals surface area contributed by atoms with Crippen LogP contribution in [0, 0.1) is 4.64 Å². The lowest BCUT2D eigenvalue weighted by molar-refractivity contribution is 0.128.